The Morgan fingerprint density at radius 1 is 1.16 bits per heavy atom. The molecule has 1 saturated heterocycles. The molecule has 2 fully saturated rings. The van der Waals surface area contributed by atoms with Crippen LogP contribution in [0.4, 0.5) is 4.79 Å². The maximum Gasteiger partial charge on any atom is 0.410 e. The first kappa shape index (κ1) is 14.7. The zero-order valence-electron chi connectivity index (χ0n) is 12.7. The second-order valence-electron chi connectivity index (χ2n) is 6.80. The quantitative estimate of drug-likeness (QED) is 0.754. The van der Waals surface area contributed by atoms with Gasteiger partial charge in [0.1, 0.15) is 6.10 Å². The largest absolute Gasteiger partial charge is 0.446 e. The highest BCUT2D eigenvalue weighted by molar-refractivity contribution is 5.67. The molecule has 2 rings (SSSR count). The molecule has 0 unspecified atom stereocenters. The molecule has 3 heteroatoms. The van der Waals surface area contributed by atoms with Crippen LogP contribution < -0.4 is 0 Å². The van der Waals surface area contributed by atoms with E-state index in [1.165, 1.54) is 19.3 Å². The Morgan fingerprint density at radius 2 is 1.84 bits per heavy atom. The van der Waals surface area contributed by atoms with Crippen molar-refractivity contribution in [3.8, 4) is 0 Å². The van der Waals surface area contributed by atoms with E-state index in [1.807, 2.05) is 4.90 Å². The van der Waals surface area contributed by atoms with Crippen LogP contribution in [-0.4, -0.2) is 30.2 Å². The smallest absolute Gasteiger partial charge is 0.410 e. The number of hydrogen-bond acceptors (Lipinski definition) is 2. The fourth-order valence-electron chi connectivity index (χ4n) is 3.53. The Morgan fingerprint density at radius 3 is 2.47 bits per heavy atom. The highest BCUT2D eigenvalue weighted by Crippen LogP contribution is 2.35. The van der Waals surface area contributed by atoms with Crippen LogP contribution in [-0.2, 0) is 4.74 Å². The summed E-state index contributed by atoms with van der Waals surface area (Å²) in [4.78, 5) is 14.1. The SMILES string of the molecule is CC(C)[C@H]1CC[C@H](C)C[C@@H]1OC(=O)N1CCCCC1. The lowest BCUT2D eigenvalue weighted by atomic mass is 9.75. The van der Waals surface area contributed by atoms with Gasteiger partial charge in [-0.1, -0.05) is 27.2 Å². The normalized spacial score (nSPS) is 32.4. The van der Waals surface area contributed by atoms with Crippen LogP contribution in [0.1, 0.15) is 59.3 Å². The lowest BCUT2D eigenvalue weighted by Gasteiger charge is -2.38. The van der Waals surface area contributed by atoms with Crippen molar-refractivity contribution in [1.29, 1.82) is 0 Å². The first-order valence-corrected chi connectivity index (χ1v) is 8.03. The first-order valence-electron chi connectivity index (χ1n) is 8.03. The number of carbonyl (C=O) groups is 1. The van der Waals surface area contributed by atoms with E-state index in [2.05, 4.69) is 20.8 Å². The molecule has 3 atom stereocenters. The Balaban J connectivity index is 1.92. The molecule has 0 aromatic rings. The summed E-state index contributed by atoms with van der Waals surface area (Å²) in [7, 11) is 0. The van der Waals surface area contributed by atoms with Crippen molar-refractivity contribution in [3.05, 3.63) is 0 Å². The summed E-state index contributed by atoms with van der Waals surface area (Å²) >= 11 is 0. The van der Waals surface area contributed by atoms with Gasteiger partial charge in [-0.15, -0.1) is 0 Å². The van der Waals surface area contributed by atoms with Gasteiger partial charge in [-0.25, -0.2) is 4.79 Å². The van der Waals surface area contributed by atoms with Crippen molar-refractivity contribution in [2.24, 2.45) is 17.8 Å². The van der Waals surface area contributed by atoms with Crippen molar-refractivity contribution in [3.63, 3.8) is 0 Å². The summed E-state index contributed by atoms with van der Waals surface area (Å²) in [6.45, 7) is 8.55. The van der Waals surface area contributed by atoms with Gasteiger partial charge in [0.15, 0.2) is 0 Å². The molecule has 0 aromatic carbocycles. The third-order valence-corrected chi connectivity index (χ3v) is 4.83. The van der Waals surface area contributed by atoms with Gasteiger partial charge in [-0.3, -0.25) is 0 Å². The van der Waals surface area contributed by atoms with E-state index in [1.54, 1.807) is 0 Å². The number of likely N-dealkylation sites (tertiary alicyclic amines) is 1. The van der Waals surface area contributed by atoms with Gasteiger partial charge in [0, 0.05) is 13.1 Å². The fraction of sp³-hybridized carbons (Fsp3) is 0.938. The Hall–Kier alpha value is -0.730. The number of rotatable bonds is 2. The number of nitrogens with zero attached hydrogens (tertiary/aromatic N) is 1. The van der Waals surface area contributed by atoms with Gasteiger partial charge in [-0.05, 0) is 49.9 Å². The van der Waals surface area contributed by atoms with Gasteiger partial charge in [0.25, 0.3) is 0 Å². The molecule has 0 bridgehead atoms. The van der Waals surface area contributed by atoms with E-state index in [0.29, 0.717) is 17.8 Å². The van der Waals surface area contributed by atoms with E-state index in [-0.39, 0.29) is 12.2 Å². The second-order valence-corrected chi connectivity index (χ2v) is 6.80. The molecule has 3 nitrogen and oxygen atoms in total. The number of amides is 1. The molecule has 110 valence electrons. The van der Waals surface area contributed by atoms with Crippen LogP contribution in [0.5, 0.6) is 0 Å². The zero-order chi connectivity index (χ0) is 13.8. The molecule has 0 aromatic heterocycles. The van der Waals surface area contributed by atoms with Gasteiger partial charge < -0.3 is 9.64 Å². The third kappa shape index (κ3) is 3.87. The number of hydrogen-bond donors (Lipinski definition) is 0. The second kappa shape index (κ2) is 6.62. The van der Waals surface area contributed by atoms with Gasteiger partial charge in [-0.2, -0.15) is 0 Å². The molecular weight excluding hydrogens is 238 g/mol. The van der Waals surface area contributed by atoms with Gasteiger partial charge in [0.2, 0.25) is 0 Å². The van der Waals surface area contributed by atoms with Crippen LogP contribution in [0.25, 0.3) is 0 Å². The molecule has 0 radical (unpaired) electrons. The van der Waals surface area contributed by atoms with E-state index in [9.17, 15) is 4.79 Å². The standard InChI is InChI=1S/C16H29NO2/c1-12(2)14-8-7-13(3)11-15(14)19-16(18)17-9-5-4-6-10-17/h12-15H,4-11H2,1-3H3/t13-,14+,15-/m0/s1. The number of ether oxygens (including phenoxy) is 1. The predicted molar refractivity (Wildman–Crippen MR) is 77.0 cm³/mol. The van der Waals surface area contributed by atoms with E-state index < -0.39 is 0 Å². The van der Waals surface area contributed by atoms with Crippen LogP contribution in [0.3, 0.4) is 0 Å². The topological polar surface area (TPSA) is 29.5 Å². The van der Waals surface area contributed by atoms with Crippen LogP contribution in [0, 0.1) is 17.8 Å². The van der Waals surface area contributed by atoms with Crippen molar-refractivity contribution >= 4 is 6.09 Å². The lowest BCUT2D eigenvalue weighted by Crippen LogP contribution is -2.42. The summed E-state index contributed by atoms with van der Waals surface area (Å²) in [5, 5.41) is 0. The molecule has 19 heavy (non-hydrogen) atoms. The summed E-state index contributed by atoms with van der Waals surface area (Å²) < 4.78 is 5.86. The average Bonchev–Trinajstić information content (AvgIpc) is 2.39. The minimum absolute atomic E-state index is 0.0653. The highest BCUT2D eigenvalue weighted by Gasteiger charge is 2.34. The zero-order valence-corrected chi connectivity index (χ0v) is 12.7. The average molecular weight is 267 g/mol. The summed E-state index contributed by atoms with van der Waals surface area (Å²) in [5.41, 5.74) is 0. The highest BCUT2D eigenvalue weighted by atomic mass is 16.6. The molecule has 0 spiro atoms. The maximum absolute atomic E-state index is 12.2. The minimum Gasteiger partial charge on any atom is -0.446 e. The van der Waals surface area contributed by atoms with Crippen molar-refractivity contribution in [2.75, 3.05) is 13.1 Å². The number of piperidine rings is 1. The number of carbonyl (C=O) groups excluding carboxylic acids is 1. The van der Waals surface area contributed by atoms with Crippen molar-refractivity contribution < 1.29 is 9.53 Å². The van der Waals surface area contributed by atoms with Gasteiger partial charge >= 0.3 is 6.09 Å². The molecule has 2 aliphatic rings. The third-order valence-electron chi connectivity index (χ3n) is 4.83. The van der Waals surface area contributed by atoms with E-state index >= 15 is 0 Å². The fourth-order valence-corrected chi connectivity index (χ4v) is 3.53. The summed E-state index contributed by atoms with van der Waals surface area (Å²) in [6.07, 6.45) is 7.11. The van der Waals surface area contributed by atoms with Crippen molar-refractivity contribution in [2.45, 2.75) is 65.4 Å². The summed E-state index contributed by atoms with van der Waals surface area (Å²) in [5.74, 6) is 1.84. The first-order chi connectivity index (χ1) is 9.08. The van der Waals surface area contributed by atoms with Crippen LogP contribution in [0.15, 0.2) is 0 Å². The van der Waals surface area contributed by atoms with Crippen LogP contribution in [0.2, 0.25) is 0 Å². The molecule has 1 aliphatic carbocycles. The maximum atomic E-state index is 12.2. The summed E-state index contributed by atoms with van der Waals surface area (Å²) in [6, 6.07) is 0. The molecule has 0 N–H and O–H groups in total. The monoisotopic (exact) mass is 267 g/mol. The Bertz CT molecular complexity index is 297. The Kier molecular flexibility index (Phi) is 5.12. The van der Waals surface area contributed by atoms with E-state index in [0.717, 1.165) is 32.4 Å². The molecular formula is C16H29NO2. The Labute approximate surface area is 117 Å². The molecule has 1 saturated carbocycles. The van der Waals surface area contributed by atoms with Crippen molar-refractivity contribution in [1.82, 2.24) is 4.90 Å². The van der Waals surface area contributed by atoms with Gasteiger partial charge in [0.05, 0.1) is 0 Å². The van der Waals surface area contributed by atoms with Crippen LogP contribution >= 0.6 is 0 Å². The lowest BCUT2D eigenvalue weighted by molar-refractivity contribution is -0.0121. The molecule has 1 amide bonds. The van der Waals surface area contributed by atoms with E-state index in [4.69, 9.17) is 4.74 Å². The minimum atomic E-state index is -0.0653. The molecule has 1 aliphatic heterocycles. The molecule has 1 heterocycles. The predicted octanol–water partition coefficient (Wildman–Crippen LogP) is 4.07.